The Bertz CT molecular complexity index is 386. The Morgan fingerprint density at radius 3 is 2.69 bits per heavy atom. The van der Waals surface area contributed by atoms with Gasteiger partial charge in [0.2, 0.25) is 17.7 Å². The van der Waals surface area contributed by atoms with Crippen LogP contribution in [0, 0.1) is 0 Å². The molecular formula is C8H14N6O2. The standard InChI is InChI=1S/C8H14N6O2/c1-14(2)5(15)3-4-10-7(16)6-11-8(9)13-12-6/h3-4H2,1-2H3,(H,10,16)(H3,9,11,12,13). The molecule has 2 amide bonds. The predicted molar refractivity (Wildman–Crippen MR) is 56.4 cm³/mol. The van der Waals surface area contributed by atoms with Crippen molar-refractivity contribution in [2.24, 2.45) is 0 Å². The smallest absolute Gasteiger partial charge is 0.288 e. The zero-order valence-corrected chi connectivity index (χ0v) is 9.15. The van der Waals surface area contributed by atoms with Crippen LogP contribution in [0.2, 0.25) is 0 Å². The molecule has 16 heavy (non-hydrogen) atoms. The summed E-state index contributed by atoms with van der Waals surface area (Å²) >= 11 is 0. The van der Waals surface area contributed by atoms with Crippen molar-refractivity contribution in [3.63, 3.8) is 0 Å². The number of nitrogens with one attached hydrogen (secondary N) is 2. The van der Waals surface area contributed by atoms with Crippen LogP contribution in [-0.4, -0.2) is 52.5 Å². The van der Waals surface area contributed by atoms with E-state index in [1.165, 1.54) is 4.90 Å². The lowest BCUT2D eigenvalue weighted by Gasteiger charge is -2.09. The number of nitrogens with two attached hydrogens (primary N) is 1. The van der Waals surface area contributed by atoms with Crippen LogP contribution in [0.15, 0.2) is 0 Å². The predicted octanol–water partition coefficient (Wildman–Crippen LogP) is -1.40. The fourth-order valence-corrected chi connectivity index (χ4v) is 0.967. The van der Waals surface area contributed by atoms with E-state index in [2.05, 4.69) is 20.5 Å². The van der Waals surface area contributed by atoms with Crippen molar-refractivity contribution in [2.75, 3.05) is 26.4 Å². The van der Waals surface area contributed by atoms with Gasteiger partial charge in [-0.25, -0.2) is 0 Å². The summed E-state index contributed by atoms with van der Waals surface area (Å²) in [4.78, 5) is 27.7. The second-order valence-electron chi connectivity index (χ2n) is 3.34. The third-order valence-corrected chi connectivity index (χ3v) is 1.84. The Balaban J connectivity index is 2.34. The fraction of sp³-hybridized carbons (Fsp3) is 0.500. The van der Waals surface area contributed by atoms with Gasteiger partial charge >= 0.3 is 0 Å². The van der Waals surface area contributed by atoms with Crippen LogP contribution >= 0.6 is 0 Å². The van der Waals surface area contributed by atoms with E-state index in [0.717, 1.165) is 0 Å². The maximum Gasteiger partial charge on any atom is 0.288 e. The summed E-state index contributed by atoms with van der Waals surface area (Å²) in [5.41, 5.74) is 5.24. The largest absolute Gasteiger partial charge is 0.366 e. The zero-order valence-electron chi connectivity index (χ0n) is 9.15. The highest BCUT2D eigenvalue weighted by molar-refractivity contribution is 5.90. The second-order valence-corrected chi connectivity index (χ2v) is 3.34. The molecule has 0 spiro atoms. The summed E-state index contributed by atoms with van der Waals surface area (Å²) in [5, 5.41) is 8.41. The summed E-state index contributed by atoms with van der Waals surface area (Å²) < 4.78 is 0. The summed E-state index contributed by atoms with van der Waals surface area (Å²) in [6.07, 6.45) is 0.238. The number of H-pyrrole nitrogens is 1. The Kier molecular flexibility index (Phi) is 3.81. The number of hydrogen-bond acceptors (Lipinski definition) is 5. The van der Waals surface area contributed by atoms with E-state index in [4.69, 9.17) is 5.73 Å². The average molecular weight is 226 g/mol. The fourth-order valence-electron chi connectivity index (χ4n) is 0.967. The molecule has 0 saturated heterocycles. The van der Waals surface area contributed by atoms with Gasteiger partial charge in [-0.05, 0) is 0 Å². The molecule has 4 N–H and O–H groups in total. The summed E-state index contributed by atoms with van der Waals surface area (Å²) in [5.74, 6) is -0.447. The number of rotatable bonds is 4. The molecule has 0 fully saturated rings. The van der Waals surface area contributed by atoms with Gasteiger partial charge in [0.25, 0.3) is 5.91 Å². The Labute approximate surface area is 92.2 Å². The first-order valence-electron chi connectivity index (χ1n) is 4.67. The molecule has 0 bridgehead atoms. The van der Waals surface area contributed by atoms with Crippen LogP contribution in [0.25, 0.3) is 0 Å². The Morgan fingerprint density at radius 1 is 1.50 bits per heavy atom. The normalized spacial score (nSPS) is 9.88. The molecule has 0 atom stereocenters. The maximum atomic E-state index is 11.4. The van der Waals surface area contributed by atoms with Crippen LogP contribution in [-0.2, 0) is 4.79 Å². The van der Waals surface area contributed by atoms with Crippen LogP contribution < -0.4 is 11.1 Å². The Morgan fingerprint density at radius 2 is 2.19 bits per heavy atom. The molecule has 1 heterocycles. The highest BCUT2D eigenvalue weighted by Gasteiger charge is 2.11. The number of nitrogen functional groups attached to an aromatic ring is 1. The summed E-state index contributed by atoms with van der Waals surface area (Å²) in [7, 11) is 3.31. The van der Waals surface area contributed by atoms with Gasteiger partial charge in [0, 0.05) is 27.1 Å². The van der Waals surface area contributed by atoms with E-state index in [0.29, 0.717) is 0 Å². The minimum Gasteiger partial charge on any atom is -0.366 e. The van der Waals surface area contributed by atoms with Crippen molar-refractivity contribution < 1.29 is 9.59 Å². The molecule has 0 aliphatic heterocycles. The van der Waals surface area contributed by atoms with Gasteiger partial charge in [-0.15, -0.1) is 5.10 Å². The first-order chi connectivity index (χ1) is 7.50. The number of aromatic nitrogens is 3. The lowest BCUT2D eigenvalue weighted by molar-refractivity contribution is -0.128. The average Bonchev–Trinajstić information content (AvgIpc) is 2.64. The summed E-state index contributed by atoms with van der Waals surface area (Å²) in [6, 6.07) is 0. The molecule has 8 nitrogen and oxygen atoms in total. The lowest BCUT2D eigenvalue weighted by Crippen LogP contribution is -2.30. The van der Waals surface area contributed by atoms with Crippen LogP contribution in [0.5, 0.6) is 0 Å². The molecule has 0 aromatic carbocycles. The number of aromatic amines is 1. The molecule has 1 rings (SSSR count). The number of anilines is 1. The van der Waals surface area contributed by atoms with Gasteiger partial charge in [0.05, 0.1) is 0 Å². The number of carbonyl (C=O) groups excluding carboxylic acids is 2. The minimum absolute atomic E-state index is 0.00881. The molecular weight excluding hydrogens is 212 g/mol. The molecule has 0 unspecified atom stereocenters. The molecule has 88 valence electrons. The van der Waals surface area contributed by atoms with Crippen LogP contribution in [0.1, 0.15) is 17.0 Å². The number of hydrogen-bond donors (Lipinski definition) is 3. The monoisotopic (exact) mass is 226 g/mol. The molecule has 0 aliphatic rings. The third kappa shape index (κ3) is 3.23. The third-order valence-electron chi connectivity index (χ3n) is 1.84. The van der Waals surface area contributed by atoms with Crippen LogP contribution in [0.4, 0.5) is 5.95 Å². The summed E-state index contributed by atoms with van der Waals surface area (Å²) in [6.45, 7) is 0.246. The molecule has 0 saturated carbocycles. The van der Waals surface area contributed by atoms with E-state index >= 15 is 0 Å². The number of nitrogens with zero attached hydrogens (tertiary/aromatic N) is 3. The highest BCUT2D eigenvalue weighted by atomic mass is 16.2. The van der Waals surface area contributed by atoms with Gasteiger partial charge in [-0.1, -0.05) is 0 Å². The second kappa shape index (κ2) is 5.10. The van der Waals surface area contributed by atoms with Gasteiger partial charge in [-0.3, -0.25) is 14.7 Å². The first-order valence-corrected chi connectivity index (χ1v) is 4.67. The van der Waals surface area contributed by atoms with Crippen molar-refractivity contribution in [1.29, 1.82) is 0 Å². The van der Waals surface area contributed by atoms with Gasteiger partial charge in [-0.2, -0.15) is 4.98 Å². The maximum absolute atomic E-state index is 11.4. The molecule has 0 radical (unpaired) electrons. The zero-order chi connectivity index (χ0) is 12.1. The molecule has 8 heteroatoms. The van der Waals surface area contributed by atoms with Gasteiger partial charge in [0.1, 0.15) is 0 Å². The number of carbonyl (C=O) groups is 2. The van der Waals surface area contributed by atoms with Crippen molar-refractivity contribution >= 4 is 17.8 Å². The van der Waals surface area contributed by atoms with Crippen molar-refractivity contribution in [1.82, 2.24) is 25.4 Å². The van der Waals surface area contributed by atoms with Crippen molar-refractivity contribution in [3.8, 4) is 0 Å². The van der Waals surface area contributed by atoms with Gasteiger partial charge in [0.15, 0.2) is 0 Å². The topological polar surface area (TPSA) is 117 Å². The van der Waals surface area contributed by atoms with Crippen molar-refractivity contribution in [2.45, 2.75) is 6.42 Å². The molecule has 0 aliphatic carbocycles. The minimum atomic E-state index is -0.434. The van der Waals surface area contributed by atoms with E-state index in [1.807, 2.05) is 0 Å². The van der Waals surface area contributed by atoms with Gasteiger partial charge < -0.3 is 16.0 Å². The Hall–Kier alpha value is -2.12. The van der Waals surface area contributed by atoms with E-state index < -0.39 is 5.91 Å². The molecule has 1 aromatic rings. The van der Waals surface area contributed by atoms with E-state index in [-0.39, 0.29) is 30.6 Å². The lowest BCUT2D eigenvalue weighted by atomic mass is 10.3. The highest BCUT2D eigenvalue weighted by Crippen LogP contribution is 1.93. The van der Waals surface area contributed by atoms with E-state index in [1.54, 1.807) is 14.1 Å². The van der Waals surface area contributed by atoms with Crippen molar-refractivity contribution in [3.05, 3.63) is 5.82 Å². The molecule has 1 aromatic heterocycles. The quantitative estimate of drug-likeness (QED) is 0.583. The van der Waals surface area contributed by atoms with E-state index in [9.17, 15) is 9.59 Å². The first kappa shape index (κ1) is 12.0. The number of amides is 2. The SMILES string of the molecule is CN(C)C(=O)CCNC(=O)c1nc(N)n[nH]1. The van der Waals surface area contributed by atoms with Crippen LogP contribution in [0.3, 0.4) is 0 Å².